The highest BCUT2D eigenvalue weighted by Gasteiger charge is 2.17. The van der Waals surface area contributed by atoms with Crippen LogP contribution in [0.4, 0.5) is 10.1 Å². The Labute approximate surface area is 189 Å². The van der Waals surface area contributed by atoms with E-state index in [1.807, 2.05) is 18.2 Å². The first-order chi connectivity index (χ1) is 15.9. The number of benzene rings is 2. The number of nitrogens with zero attached hydrogens (tertiary/aromatic N) is 3. The average Bonchev–Trinajstić information content (AvgIpc) is 3.01. The minimum atomic E-state index is -0.669. The molecule has 0 aliphatic carbocycles. The van der Waals surface area contributed by atoms with E-state index in [1.54, 1.807) is 42.9 Å². The third-order valence-corrected chi connectivity index (χ3v) is 4.89. The van der Waals surface area contributed by atoms with Gasteiger partial charge in [-0.25, -0.2) is 9.07 Å². The standard InChI is InChI=1S/C23H24FN5O4/c1-16-22(23(32)29(28(16)2)19-6-4-3-5-7-19)27-20(30)14-26-33-15-21(31)25-13-12-17-8-10-18(24)11-9-17/h3-11,14H,12-13,15H2,1-2H3,(H,25,31)(H,27,30)/b26-14+. The number of carbonyl (C=O) groups is 2. The Morgan fingerprint density at radius 3 is 2.52 bits per heavy atom. The largest absolute Gasteiger partial charge is 0.386 e. The summed E-state index contributed by atoms with van der Waals surface area (Å²) in [6, 6.07) is 15.0. The van der Waals surface area contributed by atoms with E-state index in [2.05, 4.69) is 15.8 Å². The summed E-state index contributed by atoms with van der Waals surface area (Å²) in [6.07, 6.45) is 1.39. The maximum absolute atomic E-state index is 12.9. The minimum Gasteiger partial charge on any atom is -0.386 e. The number of para-hydroxylation sites is 1. The van der Waals surface area contributed by atoms with Gasteiger partial charge in [0, 0.05) is 13.6 Å². The summed E-state index contributed by atoms with van der Waals surface area (Å²) < 4.78 is 15.9. The van der Waals surface area contributed by atoms with Crippen molar-refractivity contribution in [3.8, 4) is 5.69 Å². The average molecular weight is 453 g/mol. The first-order valence-electron chi connectivity index (χ1n) is 10.2. The molecule has 0 atom stereocenters. The highest BCUT2D eigenvalue weighted by Crippen LogP contribution is 2.13. The number of halogens is 1. The third-order valence-electron chi connectivity index (χ3n) is 4.89. The van der Waals surface area contributed by atoms with Crippen LogP contribution in [0.5, 0.6) is 0 Å². The van der Waals surface area contributed by atoms with Crippen molar-refractivity contribution in [1.29, 1.82) is 0 Å². The lowest BCUT2D eigenvalue weighted by atomic mass is 10.1. The summed E-state index contributed by atoms with van der Waals surface area (Å²) in [5, 5.41) is 8.61. The molecule has 9 nitrogen and oxygen atoms in total. The zero-order chi connectivity index (χ0) is 23.8. The van der Waals surface area contributed by atoms with Crippen LogP contribution in [0, 0.1) is 12.7 Å². The lowest BCUT2D eigenvalue weighted by Gasteiger charge is -2.07. The monoisotopic (exact) mass is 453 g/mol. The molecule has 172 valence electrons. The quantitative estimate of drug-likeness (QED) is 0.381. The molecular weight excluding hydrogens is 429 g/mol. The van der Waals surface area contributed by atoms with Gasteiger partial charge >= 0.3 is 0 Å². The van der Waals surface area contributed by atoms with Gasteiger partial charge in [0.05, 0.1) is 11.4 Å². The van der Waals surface area contributed by atoms with Crippen molar-refractivity contribution in [2.45, 2.75) is 13.3 Å². The number of hydrogen-bond donors (Lipinski definition) is 2. The van der Waals surface area contributed by atoms with E-state index in [4.69, 9.17) is 4.84 Å². The van der Waals surface area contributed by atoms with Gasteiger partial charge in [-0.15, -0.1) is 0 Å². The molecule has 0 spiro atoms. The van der Waals surface area contributed by atoms with Gasteiger partial charge in [-0.2, -0.15) is 0 Å². The number of anilines is 1. The van der Waals surface area contributed by atoms with E-state index in [9.17, 15) is 18.8 Å². The van der Waals surface area contributed by atoms with Crippen LogP contribution in [0.1, 0.15) is 11.3 Å². The Morgan fingerprint density at radius 2 is 1.82 bits per heavy atom. The molecule has 0 saturated carbocycles. The van der Waals surface area contributed by atoms with Crippen molar-refractivity contribution in [2.75, 3.05) is 18.5 Å². The van der Waals surface area contributed by atoms with Crippen molar-refractivity contribution in [2.24, 2.45) is 12.2 Å². The second-order valence-corrected chi connectivity index (χ2v) is 7.16. The molecule has 0 saturated heterocycles. The van der Waals surface area contributed by atoms with Gasteiger partial charge in [-0.1, -0.05) is 35.5 Å². The molecule has 2 amide bonds. The molecular formula is C23H24FN5O4. The van der Waals surface area contributed by atoms with E-state index in [0.29, 0.717) is 24.3 Å². The Balaban J connectivity index is 1.47. The van der Waals surface area contributed by atoms with Crippen LogP contribution in [0.3, 0.4) is 0 Å². The zero-order valence-electron chi connectivity index (χ0n) is 18.2. The summed E-state index contributed by atoms with van der Waals surface area (Å²) in [7, 11) is 1.71. The fraction of sp³-hybridized carbons (Fsp3) is 0.217. The topological polar surface area (TPSA) is 107 Å². The van der Waals surface area contributed by atoms with Crippen LogP contribution in [-0.2, 0) is 27.9 Å². The molecule has 0 fully saturated rings. The molecule has 0 unspecified atom stereocenters. The third kappa shape index (κ3) is 6.16. The molecule has 3 aromatic rings. The zero-order valence-corrected chi connectivity index (χ0v) is 18.2. The highest BCUT2D eigenvalue weighted by molar-refractivity contribution is 6.31. The van der Waals surface area contributed by atoms with Gasteiger partial charge in [-0.3, -0.25) is 19.1 Å². The SMILES string of the molecule is Cc1c(NC(=O)/C=N/OCC(=O)NCCc2ccc(F)cc2)c(=O)n(-c2ccccc2)n1C. The molecule has 0 aliphatic rings. The van der Waals surface area contributed by atoms with Crippen LogP contribution in [-0.4, -0.2) is 40.5 Å². The van der Waals surface area contributed by atoms with Crippen LogP contribution in [0.15, 0.2) is 64.5 Å². The maximum Gasteiger partial charge on any atom is 0.295 e. The molecule has 33 heavy (non-hydrogen) atoms. The molecule has 0 bridgehead atoms. The van der Waals surface area contributed by atoms with Gasteiger partial charge in [0.2, 0.25) is 0 Å². The first kappa shape index (κ1) is 23.5. The van der Waals surface area contributed by atoms with Crippen LogP contribution in [0.2, 0.25) is 0 Å². The normalized spacial score (nSPS) is 10.9. The predicted molar refractivity (Wildman–Crippen MR) is 122 cm³/mol. The number of hydrogen-bond acceptors (Lipinski definition) is 5. The van der Waals surface area contributed by atoms with Crippen LogP contribution < -0.4 is 16.2 Å². The van der Waals surface area contributed by atoms with Gasteiger partial charge in [0.25, 0.3) is 17.4 Å². The molecule has 2 aromatic carbocycles. The van der Waals surface area contributed by atoms with Crippen molar-refractivity contribution in [1.82, 2.24) is 14.7 Å². The summed E-state index contributed by atoms with van der Waals surface area (Å²) in [5.41, 5.74) is 1.85. The van der Waals surface area contributed by atoms with Gasteiger partial charge < -0.3 is 15.5 Å². The summed E-state index contributed by atoms with van der Waals surface area (Å²) in [6.45, 7) is 1.68. The van der Waals surface area contributed by atoms with Crippen LogP contribution >= 0.6 is 0 Å². The summed E-state index contributed by atoms with van der Waals surface area (Å²) in [4.78, 5) is 41.5. The molecule has 1 heterocycles. The fourth-order valence-electron chi connectivity index (χ4n) is 3.10. The molecule has 1 aromatic heterocycles. The minimum absolute atomic E-state index is 0.122. The Kier molecular flexibility index (Phi) is 7.74. The second-order valence-electron chi connectivity index (χ2n) is 7.16. The van der Waals surface area contributed by atoms with Crippen LogP contribution in [0.25, 0.3) is 5.69 Å². The summed E-state index contributed by atoms with van der Waals surface area (Å²) in [5.74, 6) is -1.40. The number of nitrogens with one attached hydrogen (secondary N) is 2. The van der Waals surface area contributed by atoms with E-state index in [0.717, 1.165) is 11.8 Å². The lowest BCUT2D eigenvalue weighted by Crippen LogP contribution is -2.29. The fourth-order valence-corrected chi connectivity index (χ4v) is 3.10. The van der Waals surface area contributed by atoms with E-state index in [1.165, 1.54) is 16.8 Å². The van der Waals surface area contributed by atoms with Gasteiger partial charge in [0.15, 0.2) is 6.61 Å². The van der Waals surface area contributed by atoms with Crippen molar-refractivity contribution in [3.63, 3.8) is 0 Å². The van der Waals surface area contributed by atoms with Crippen molar-refractivity contribution in [3.05, 3.63) is 82.0 Å². The molecule has 0 radical (unpaired) electrons. The number of amides is 2. The van der Waals surface area contributed by atoms with E-state index in [-0.39, 0.29) is 23.7 Å². The Bertz CT molecular complexity index is 1200. The summed E-state index contributed by atoms with van der Waals surface area (Å²) >= 11 is 0. The molecule has 0 aliphatic heterocycles. The number of carbonyl (C=O) groups excluding carboxylic acids is 2. The first-order valence-corrected chi connectivity index (χ1v) is 10.2. The number of oxime groups is 1. The highest BCUT2D eigenvalue weighted by atomic mass is 19.1. The molecule has 3 rings (SSSR count). The van der Waals surface area contributed by atoms with E-state index < -0.39 is 11.8 Å². The maximum atomic E-state index is 12.9. The van der Waals surface area contributed by atoms with Gasteiger partial charge in [-0.05, 0) is 43.2 Å². The number of aromatic nitrogens is 2. The second kappa shape index (κ2) is 10.9. The van der Waals surface area contributed by atoms with Crippen molar-refractivity contribution >= 4 is 23.7 Å². The Hall–Kier alpha value is -4.21. The van der Waals surface area contributed by atoms with Gasteiger partial charge in [0.1, 0.15) is 17.7 Å². The molecule has 10 heteroatoms. The smallest absolute Gasteiger partial charge is 0.295 e. The lowest BCUT2D eigenvalue weighted by molar-refractivity contribution is -0.125. The number of rotatable bonds is 9. The van der Waals surface area contributed by atoms with E-state index >= 15 is 0 Å². The molecule has 2 N–H and O–H groups in total. The Morgan fingerprint density at radius 1 is 1.12 bits per heavy atom. The predicted octanol–water partition coefficient (Wildman–Crippen LogP) is 1.92. The van der Waals surface area contributed by atoms with Crippen molar-refractivity contribution < 1.29 is 18.8 Å².